The molecule has 0 saturated carbocycles. The number of aryl methyl sites for hydroxylation is 2. The summed E-state index contributed by atoms with van der Waals surface area (Å²) in [5.41, 5.74) is 8.12. The summed E-state index contributed by atoms with van der Waals surface area (Å²) in [6.45, 7) is 7.62. The first-order chi connectivity index (χ1) is 9.88. The Bertz CT molecular complexity index is 636. The molecule has 1 aromatic heterocycles. The molecule has 0 amide bonds. The van der Waals surface area contributed by atoms with Crippen molar-refractivity contribution in [3.8, 4) is 17.5 Å². The number of anilines is 1. The van der Waals surface area contributed by atoms with Crippen LogP contribution in [-0.2, 0) is 0 Å². The molecule has 6 heteroatoms. The Kier molecular flexibility index (Phi) is 4.53. The fourth-order valence-corrected chi connectivity index (χ4v) is 1.95. The standard InChI is InChI=1S/C15H18ClN3O2/c1-8(2)20-14-13(17)15(19-7-18-14)21-11-5-9(3)12(16)10(4)6-11/h5-8H,17H2,1-4H3. The molecule has 1 aromatic carbocycles. The average Bonchev–Trinajstić information content (AvgIpc) is 2.40. The van der Waals surface area contributed by atoms with E-state index < -0.39 is 0 Å². The van der Waals surface area contributed by atoms with E-state index in [1.807, 2.05) is 39.8 Å². The molecule has 112 valence electrons. The highest BCUT2D eigenvalue weighted by atomic mass is 35.5. The summed E-state index contributed by atoms with van der Waals surface area (Å²) in [5, 5.41) is 0.724. The summed E-state index contributed by atoms with van der Waals surface area (Å²) < 4.78 is 11.2. The highest BCUT2D eigenvalue weighted by molar-refractivity contribution is 6.32. The highest BCUT2D eigenvalue weighted by Crippen LogP contribution is 2.33. The molecule has 0 bridgehead atoms. The number of ether oxygens (including phenoxy) is 2. The Labute approximate surface area is 129 Å². The van der Waals surface area contributed by atoms with E-state index >= 15 is 0 Å². The molecule has 0 fully saturated rings. The molecule has 2 N–H and O–H groups in total. The van der Waals surface area contributed by atoms with Crippen molar-refractivity contribution >= 4 is 17.3 Å². The van der Waals surface area contributed by atoms with Crippen LogP contribution in [0.4, 0.5) is 5.69 Å². The fourth-order valence-electron chi connectivity index (χ4n) is 1.84. The third kappa shape index (κ3) is 3.55. The van der Waals surface area contributed by atoms with E-state index in [9.17, 15) is 0 Å². The maximum Gasteiger partial charge on any atom is 0.249 e. The van der Waals surface area contributed by atoms with E-state index in [0.717, 1.165) is 16.1 Å². The van der Waals surface area contributed by atoms with Crippen molar-refractivity contribution in [2.45, 2.75) is 33.8 Å². The largest absolute Gasteiger partial charge is 0.473 e. The zero-order valence-corrected chi connectivity index (χ0v) is 13.2. The number of nitrogens with two attached hydrogens (primary N) is 1. The molecule has 0 aliphatic rings. The van der Waals surface area contributed by atoms with Gasteiger partial charge < -0.3 is 15.2 Å². The summed E-state index contributed by atoms with van der Waals surface area (Å²) in [4.78, 5) is 8.06. The Morgan fingerprint density at radius 1 is 1.10 bits per heavy atom. The van der Waals surface area contributed by atoms with Crippen LogP contribution >= 0.6 is 11.6 Å². The second-order valence-corrected chi connectivity index (χ2v) is 5.42. The number of halogens is 1. The van der Waals surface area contributed by atoms with Crippen LogP contribution < -0.4 is 15.2 Å². The lowest BCUT2D eigenvalue weighted by atomic mass is 10.1. The highest BCUT2D eigenvalue weighted by Gasteiger charge is 2.13. The Hall–Kier alpha value is -2.01. The Balaban J connectivity index is 2.32. The van der Waals surface area contributed by atoms with Crippen LogP contribution in [0.25, 0.3) is 0 Å². The number of nitrogens with zero attached hydrogens (tertiary/aromatic N) is 2. The van der Waals surface area contributed by atoms with Gasteiger partial charge in [0, 0.05) is 5.02 Å². The lowest BCUT2D eigenvalue weighted by molar-refractivity contribution is 0.233. The van der Waals surface area contributed by atoms with Gasteiger partial charge in [-0.15, -0.1) is 0 Å². The lowest BCUT2D eigenvalue weighted by Gasteiger charge is -2.14. The van der Waals surface area contributed by atoms with Gasteiger partial charge in [-0.2, -0.15) is 9.97 Å². The molecule has 0 spiro atoms. The molecule has 0 atom stereocenters. The van der Waals surface area contributed by atoms with Gasteiger partial charge in [-0.25, -0.2) is 0 Å². The third-order valence-corrected chi connectivity index (χ3v) is 3.38. The van der Waals surface area contributed by atoms with Gasteiger partial charge >= 0.3 is 0 Å². The van der Waals surface area contributed by atoms with Gasteiger partial charge in [0.15, 0.2) is 5.69 Å². The topological polar surface area (TPSA) is 70.3 Å². The molecule has 0 aliphatic heterocycles. The predicted octanol–water partition coefficient (Wildman–Crippen LogP) is 3.91. The van der Waals surface area contributed by atoms with Gasteiger partial charge in [0.25, 0.3) is 0 Å². The zero-order chi connectivity index (χ0) is 15.6. The van der Waals surface area contributed by atoms with Crippen molar-refractivity contribution in [3.63, 3.8) is 0 Å². The molecule has 0 unspecified atom stereocenters. The minimum absolute atomic E-state index is 0.0323. The van der Waals surface area contributed by atoms with Crippen LogP contribution in [0.15, 0.2) is 18.5 Å². The molecular weight excluding hydrogens is 290 g/mol. The van der Waals surface area contributed by atoms with E-state index in [2.05, 4.69) is 9.97 Å². The summed E-state index contributed by atoms with van der Waals surface area (Å²) in [6.07, 6.45) is 1.33. The first kappa shape index (κ1) is 15.4. The van der Waals surface area contributed by atoms with E-state index in [-0.39, 0.29) is 17.7 Å². The van der Waals surface area contributed by atoms with Gasteiger partial charge in [-0.1, -0.05) is 11.6 Å². The predicted molar refractivity (Wildman–Crippen MR) is 83.2 cm³/mol. The number of hydrogen-bond acceptors (Lipinski definition) is 5. The van der Waals surface area contributed by atoms with E-state index in [1.165, 1.54) is 6.33 Å². The monoisotopic (exact) mass is 307 g/mol. The van der Waals surface area contributed by atoms with E-state index in [0.29, 0.717) is 11.6 Å². The van der Waals surface area contributed by atoms with Crippen molar-refractivity contribution < 1.29 is 9.47 Å². The number of aromatic nitrogens is 2. The molecule has 0 aliphatic carbocycles. The van der Waals surface area contributed by atoms with Gasteiger partial charge in [-0.3, -0.25) is 0 Å². The summed E-state index contributed by atoms with van der Waals surface area (Å²) in [6, 6.07) is 3.67. The molecule has 5 nitrogen and oxygen atoms in total. The fraction of sp³-hybridized carbons (Fsp3) is 0.333. The van der Waals surface area contributed by atoms with Crippen LogP contribution in [0.3, 0.4) is 0 Å². The van der Waals surface area contributed by atoms with Crippen molar-refractivity contribution in [1.82, 2.24) is 9.97 Å². The molecular formula is C15H18ClN3O2. The molecule has 2 rings (SSSR count). The van der Waals surface area contributed by atoms with Crippen molar-refractivity contribution in [2.24, 2.45) is 0 Å². The minimum atomic E-state index is -0.0323. The Morgan fingerprint density at radius 3 is 2.24 bits per heavy atom. The number of rotatable bonds is 4. The van der Waals surface area contributed by atoms with E-state index in [1.54, 1.807) is 0 Å². The van der Waals surface area contributed by atoms with Gasteiger partial charge in [0.05, 0.1) is 6.10 Å². The lowest BCUT2D eigenvalue weighted by Crippen LogP contribution is -2.10. The summed E-state index contributed by atoms with van der Waals surface area (Å²) in [7, 11) is 0. The normalized spacial score (nSPS) is 10.8. The molecule has 2 aromatic rings. The smallest absolute Gasteiger partial charge is 0.249 e. The van der Waals surface area contributed by atoms with Crippen LogP contribution in [0.2, 0.25) is 5.02 Å². The second-order valence-electron chi connectivity index (χ2n) is 5.04. The van der Waals surface area contributed by atoms with Gasteiger partial charge in [0.1, 0.15) is 12.1 Å². The summed E-state index contributed by atoms with van der Waals surface area (Å²) >= 11 is 6.14. The SMILES string of the molecule is Cc1cc(Oc2ncnc(OC(C)C)c2N)cc(C)c1Cl. The average molecular weight is 308 g/mol. The van der Waals surface area contributed by atoms with Crippen LogP contribution in [0.1, 0.15) is 25.0 Å². The quantitative estimate of drug-likeness (QED) is 0.927. The van der Waals surface area contributed by atoms with Crippen molar-refractivity contribution in [1.29, 1.82) is 0 Å². The Morgan fingerprint density at radius 2 is 1.67 bits per heavy atom. The maximum atomic E-state index is 6.14. The van der Waals surface area contributed by atoms with Gasteiger partial charge in [0.2, 0.25) is 11.8 Å². The first-order valence-electron chi connectivity index (χ1n) is 6.60. The van der Waals surface area contributed by atoms with Crippen molar-refractivity contribution in [2.75, 3.05) is 5.73 Å². The number of benzene rings is 1. The van der Waals surface area contributed by atoms with E-state index in [4.69, 9.17) is 26.8 Å². The zero-order valence-electron chi connectivity index (χ0n) is 12.5. The number of nitrogen functional groups attached to an aromatic ring is 1. The second kappa shape index (κ2) is 6.18. The van der Waals surface area contributed by atoms with Crippen LogP contribution in [0, 0.1) is 13.8 Å². The third-order valence-electron chi connectivity index (χ3n) is 2.78. The maximum absolute atomic E-state index is 6.14. The molecule has 0 saturated heterocycles. The first-order valence-corrected chi connectivity index (χ1v) is 6.98. The molecule has 0 radical (unpaired) electrons. The van der Waals surface area contributed by atoms with Crippen molar-refractivity contribution in [3.05, 3.63) is 34.6 Å². The molecule has 1 heterocycles. The minimum Gasteiger partial charge on any atom is -0.473 e. The van der Waals surface area contributed by atoms with Gasteiger partial charge in [-0.05, 0) is 51.0 Å². The molecule has 21 heavy (non-hydrogen) atoms. The summed E-state index contributed by atoms with van der Waals surface area (Å²) in [5.74, 6) is 1.20. The van der Waals surface area contributed by atoms with Crippen LogP contribution in [-0.4, -0.2) is 16.1 Å². The number of hydrogen-bond donors (Lipinski definition) is 1. The van der Waals surface area contributed by atoms with Crippen LogP contribution in [0.5, 0.6) is 17.5 Å².